The van der Waals surface area contributed by atoms with Gasteiger partial charge >= 0.3 is 0 Å². The van der Waals surface area contributed by atoms with Gasteiger partial charge in [0.15, 0.2) is 0 Å². The number of para-hydroxylation sites is 3. The molecule has 0 radical (unpaired) electrons. The highest BCUT2D eigenvalue weighted by molar-refractivity contribution is 7.99. The Kier molecular flexibility index (Phi) is 5.48. The molecular formula is C47H30N4S. The second-order valence-electron chi connectivity index (χ2n) is 14.5. The van der Waals surface area contributed by atoms with E-state index >= 15 is 0 Å². The number of rotatable bonds is 2. The lowest BCUT2D eigenvalue weighted by Gasteiger charge is -2.23. The Morgan fingerprint density at radius 2 is 1.15 bits per heavy atom. The molecular weight excluding hydrogens is 653 g/mol. The highest BCUT2D eigenvalue weighted by Crippen LogP contribution is 2.58. The number of nitrogens with zero attached hydrogens (tertiary/aromatic N) is 4. The van der Waals surface area contributed by atoms with Crippen LogP contribution in [0.2, 0.25) is 0 Å². The van der Waals surface area contributed by atoms with Crippen LogP contribution in [0.1, 0.15) is 25.0 Å². The fourth-order valence-electron chi connectivity index (χ4n) is 9.40. The lowest BCUT2D eigenvalue weighted by molar-refractivity contribution is 0.667. The van der Waals surface area contributed by atoms with Crippen molar-refractivity contribution in [3.63, 3.8) is 0 Å². The van der Waals surface area contributed by atoms with Gasteiger partial charge in [0.2, 0.25) is 5.95 Å². The SMILES string of the molecule is CC1(C)c2ccccc2-c2c1c1c3ccccc3n(-c3ccccc3)c1c1c2c2ccccc2n1-c1nc2c3c(cccc3n1)Sc1ccccc1-2. The summed E-state index contributed by atoms with van der Waals surface area (Å²) in [6, 6.07) is 52.7. The molecule has 0 unspecified atom stereocenters. The van der Waals surface area contributed by atoms with Crippen molar-refractivity contribution in [1.82, 2.24) is 19.1 Å². The Balaban J connectivity index is 1.37. The first-order valence-corrected chi connectivity index (χ1v) is 18.7. The van der Waals surface area contributed by atoms with Crippen molar-refractivity contribution in [2.24, 2.45) is 0 Å². The fraction of sp³-hybridized carbons (Fsp3) is 0.0638. The van der Waals surface area contributed by atoms with Crippen LogP contribution < -0.4 is 0 Å². The van der Waals surface area contributed by atoms with E-state index in [0.717, 1.165) is 38.9 Å². The van der Waals surface area contributed by atoms with E-state index in [9.17, 15) is 0 Å². The molecule has 12 rings (SSSR count). The summed E-state index contributed by atoms with van der Waals surface area (Å²) in [7, 11) is 0. The zero-order valence-corrected chi connectivity index (χ0v) is 29.4. The number of fused-ring (bicyclic) bond motifs is 14. The summed E-state index contributed by atoms with van der Waals surface area (Å²) in [6.07, 6.45) is 0. The van der Waals surface area contributed by atoms with Crippen LogP contribution in [0.15, 0.2) is 155 Å². The minimum absolute atomic E-state index is 0.228. The van der Waals surface area contributed by atoms with Crippen LogP contribution in [-0.2, 0) is 5.41 Å². The van der Waals surface area contributed by atoms with Crippen LogP contribution in [0.25, 0.3) is 88.5 Å². The van der Waals surface area contributed by atoms with Crippen molar-refractivity contribution >= 4 is 66.3 Å². The molecule has 10 aromatic rings. The number of aromatic nitrogens is 4. The first-order valence-electron chi connectivity index (χ1n) is 17.9. The molecule has 3 aromatic heterocycles. The average molecular weight is 683 g/mol. The van der Waals surface area contributed by atoms with E-state index < -0.39 is 0 Å². The molecule has 7 aromatic carbocycles. The number of benzene rings is 7. The van der Waals surface area contributed by atoms with E-state index in [-0.39, 0.29) is 5.41 Å². The molecule has 5 heteroatoms. The van der Waals surface area contributed by atoms with Gasteiger partial charge in [-0.1, -0.05) is 129 Å². The van der Waals surface area contributed by atoms with Gasteiger partial charge in [-0.25, -0.2) is 9.97 Å². The van der Waals surface area contributed by atoms with Crippen LogP contribution in [0.3, 0.4) is 0 Å². The van der Waals surface area contributed by atoms with E-state index in [1.54, 1.807) is 11.8 Å². The number of hydrogen-bond donors (Lipinski definition) is 0. The summed E-state index contributed by atoms with van der Waals surface area (Å²) < 4.78 is 4.85. The third-order valence-corrected chi connectivity index (χ3v) is 12.6. The number of hydrogen-bond acceptors (Lipinski definition) is 3. The van der Waals surface area contributed by atoms with Gasteiger partial charge < -0.3 is 4.57 Å². The molecule has 0 spiro atoms. The molecule has 244 valence electrons. The van der Waals surface area contributed by atoms with Gasteiger partial charge in [-0.15, -0.1) is 0 Å². The van der Waals surface area contributed by atoms with Gasteiger partial charge in [0.05, 0.1) is 33.3 Å². The second-order valence-corrected chi connectivity index (χ2v) is 15.6. The maximum atomic E-state index is 5.57. The van der Waals surface area contributed by atoms with Gasteiger partial charge in [-0.05, 0) is 64.7 Å². The molecule has 1 aliphatic heterocycles. The van der Waals surface area contributed by atoms with Crippen LogP contribution >= 0.6 is 11.8 Å². The molecule has 0 N–H and O–H groups in total. The fourth-order valence-corrected chi connectivity index (χ4v) is 10.5. The van der Waals surface area contributed by atoms with Crippen LogP contribution in [0.4, 0.5) is 0 Å². The molecule has 0 amide bonds. The van der Waals surface area contributed by atoms with Crippen LogP contribution in [0.5, 0.6) is 0 Å². The molecule has 1 aliphatic carbocycles. The van der Waals surface area contributed by atoms with Gasteiger partial charge in [0.1, 0.15) is 0 Å². The van der Waals surface area contributed by atoms with Crippen LogP contribution in [0, 0.1) is 0 Å². The average Bonchev–Trinajstić information content (AvgIpc) is 3.79. The summed E-state index contributed by atoms with van der Waals surface area (Å²) in [5.41, 5.74) is 14.0. The Labute approximate surface area is 304 Å². The molecule has 0 fully saturated rings. The van der Waals surface area contributed by atoms with Crippen molar-refractivity contribution in [2.75, 3.05) is 0 Å². The van der Waals surface area contributed by atoms with E-state index in [2.05, 4.69) is 169 Å². The maximum absolute atomic E-state index is 5.57. The third-order valence-electron chi connectivity index (χ3n) is 11.5. The Morgan fingerprint density at radius 3 is 1.98 bits per heavy atom. The molecule has 2 aliphatic rings. The normalized spacial score (nSPS) is 14.0. The van der Waals surface area contributed by atoms with Gasteiger partial charge in [0, 0.05) is 53.4 Å². The van der Waals surface area contributed by atoms with Crippen molar-refractivity contribution in [1.29, 1.82) is 0 Å². The van der Waals surface area contributed by atoms with E-state index in [1.165, 1.54) is 64.6 Å². The topological polar surface area (TPSA) is 35.6 Å². The van der Waals surface area contributed by atoms with Crippen molar-refractivity contribution in [3.8, 4) is 34.0 Å². The largest absolute Gasteiger partial charge is 0.307 e. The summed E-state index contributed by atoms with van der Waals surface area (Å²) in [5.74, 6) is 0.684. The predicted molar refractivity (Wildman–Crippen MR) is 215 cm³/mol. The maximum Gasteiger partial charge on any atom is 0.235 e. The molecule has 4 nitrogen and oxygen atoms in total. The molecule has 52 heavy (non-hydrogen) atoms. The third kappa shape index (κ3) is 3.49. The lowest BCUT2D eigenvalue weighted by atomic mass is 9.80. The zero-order valence-electron chi connectivity index (χ0n) is 28.6. The first kappa shape index (κ1) is 28.5. The van der Waals surface area contributed by atoms with Crippen LogP contribution in [-0.4, -0.2) is 19.1 Å². The molecule has 0 saturated carbocycles. The standard InChI is InChI=1S/C47H30N4S/c1-47(2)32-21-10-6-17-28(32)38-39-29-18-7-12-24-35(29)51(46-48-33-22-14-26-37-41(33)43(49-46)31-20-9-13-25-36(31)52-37)44(39)45-40(42(38)47)30-19-8-11-23-34(30)50(45)27-15-4-3-5-16-27/h3-26H,1-2H3. The Morgan fingerprint density at radius 1 is 0.519 bits per heavy atom. The second kappa shape index (κ2) is 9.99. The summed E-state index contributed by atoms with van der Waals surface area (Å²) in [5, 5.41) is 6.12. The smallest absolute Gasteiger partial charge is 0.235 e. The molecule has 0 bridgehead atoms. The van der Waals surface area contributed by atoms with Crippen molar-refractivity contribution in [2.45, 2.75) is 29.1 Å². The van der Waals surface area contributed by atoms with Gasteiger partial charge in [-0.3, -0.25) is 4.57 Å². The first-order chi connectivity index (χ1) is 25.6. The Hall–Kier alpha value is -6.17. The minimum atomic E-state index is -0.228. The van der Waals surface area contributed by atoms with E-state index in [1.807, 2.05) is 0 Å². The molecule has 4 heterocycles. The quantitative estimate of drug-likeness (QED) is 0.182. The van der Waals surface area contributed by atoms with E-state index in [0.29, 0.717) is 5.95 Å². The lowest BCUT2D eigenvalue weighted by Crippen LogP contribution is -2.15. The van der Waals surface area contributed by atoms with E-state index in [4.69, 9.17) is 9.97 Å². The minimum Gasteiger partial charge on any atom is -0.307 e. The summed E-state index contributed by atoms with van der Waals surface area (Å²) in [4.78, 5) is 13.4. The van der Waals surface area contributed by atoms with Gasteiger partial charge in [0.25, 0.3) is 0 Å². The molecule has 0 saturated heterocycles. The predicted octanol–water partition coefficient (Wildman–Crippen LogP) is 12.3. The highest BCUT2D eigenvalue weighted by atomic mass is 32.2. The molecule has 0 atom stereocenters. The van der Waals surface area contributed by atoms with Crippen molar-refractivity contribution in [3.05, 3.63) is 157 Å². The summed E-state index contributed by atoms with van der Waals surface area (Å²) >= 11 is 1.80. The summed E-state index contributed by atoms with van der Waals surface area (Å²) in [6.45, 7) is 4.81. The monoisotopic (exact) mass is 682 g/mol. The zero-order chi connectivity index (χ0) is 34.3. The highest BCUT2D eigenvalue weighted by Gasteiger charge is 2.41. The van der Waals surface area contributed by atoms with Gasteiger partial charge in [-0.2, -0.15) is 0 Å². The van der Waals surface area contributed by atoms with Crippen molar-refractivity contribution < 1.29 is 0 Å². The Bertz CT molecular complexity index is 3180.